The van der Waals surface area contributed by atoms with Crippen LogP contribution in [0.1, 0.15) is 23.1 Å². The number of benzene rings is 1. The van der Waals surface area contributed by atoms with Gasteiger partial charge in [-0.15, -0.1) is 0 Å². The minimum absolute atomic E-state index is 0.0920. The van der Waals surface area contributed by atoms with Crippen LogP contribution in [0.3, 0.4) is 0 Å². The maximum Gasteiger partial charge on any atom is 0.295 e. The number of amides is 1. The fourth-order valence-electron chi connectivity index (χ4n) is 3.15. The maximum atomic E-state index is 12.8. The van der Waals surface area contributed by atoms with Gasteiger partial charge in [0.1, 0.15) is 29.1 Å². The average Bonchev–Trinajstić information content (AvgIpc) is 3.21. The first-order chi connectivity index (χ1) is 13.4. The summed E-state index contributed by atoms with van der Waals surface area (Å²) in [5.41, 5.74) is 0.102. The lowest BCUT2D eigenvalue weighted by Crippen LogP contribution is -2.32. The molecule has 0 spiro atoms. The Bertz CT molecular complexity index is 948. The molecule has 3 rings (SSSR count). The summed E-state index contributed by atoms with van der Waals surface area (Å²) in [7, 11) is 2.97. The van der Waals surface area contributed by atoms with E-state index in [2.05, 4.69) is 0 Å². The molecule has 1 aromatic carbocycles. The molecule has 1 fully saturated rings. The van der Waals surface area contributed by atoms with E-state index in [1.54, 1.807) is 31.2 Å². The second-order valence-electron chi connectivity index (χ2n) is 6.28. The number of ether oxygens (including phenoxy) is 2. The summed E-state index contributed by atoms with van der Waals surface area (Å²) in [6.45, 7) is 2.14. The number of likely N-dealkylation sites (tertiary alicyclic amines) is 1. The molecule has 7 nitrogen and oxygen atoms in total. The molecule has 0 radical (unpaired) electrons. The number of hydrogen-bond donors (Lipinski definition) is 1. The highest BCUT2D eigenvalue weighted by molar-refractivity contribution is 6.46. The minimum Gasteiger partial charge on any atom is -0.507 e. The zero-order chi connectivity index (χ0) is 20.4. The molecule has 1 N–H and O–H groups in total. The third-order valence-electron chi connectivity index (χ3n) is 4.54. The number of aryl methyl sites for hydroxylation is 1. The Morgan fingerprint density at radius 1 is 1.25 bits per heavy atom. The van der Waals surface area contributed by atoms with Crippen molar-refractivity contribution >= 4 is 29.1 Å². The first-order valence-corrected chi connectivity index (χ1v) is 8.94. The van der Waals surface area contributed by atoms with Crippen LogP contribution >= 0.6 is 11.6 Å². The van der Waals surface area contributed by atoms with Crippen molar-refractivity contribution in [3.63, 3.8) is 0 Å². The number of aliphatic hydroxyl groups excluding tert-OH is 1. The zero-order valence-corrected chi connectivity index (χ0v) is 16.4. The quantitative estimate of drug-likeness (QED) is 0.450. The summed E-state index contributed by atoms with van der Waals surface area (Å²) < 4.78 is 15.9. The van der Waals surface area contributed by atoms with E-state index in [0.717, 1.165) is 0 Å². The molecule has 1 amide bonds. The van der Waals surface area contributed by atoms with Gasteiger partial charge in [-0.25, -0.2) is 0 Å². The predicted molar refractivity (Wildman–Crippen MR) is 102 cm³/mol. The molecular formula is C20H20ClNO6. The molecule has 1 aliphatic heterocycles. The number of halogens is 1. The number of furan rings is 1. The zero-order valence-electron chi connectivity index (χ0n) is 15.7. The Hall–Kier alpha value is -2.77. The largest absolute Gasteiger partial charge is 0.507 e. The number of carbonyl (C=O) groups excluding carboxylic acids is 2. The number of rotatable bonds is 6. The van der Waals surface area contributed by atoms with Crippen molar-refractivity contribution in [3.05, 3.63) is 58.0 Å². The predicted octanol–water partition coefficient (Wildman–Crippen LogP) is 3.32. The smallest absolute Gasteiger partial charge is 0.295 e. The summed E-state index contributed by atoms with van der Waals surface area (Å²) >= 11 is 6.23. The lowest BCUT2D eigenvalue weighted by Gasteiger charge is -2.23. The molecule has 1 aliphatic rings. The number of nitrogens with zero attached hydrogens (tertiary/aromatic N) is 1. The summed E-state index contributed by atoms with van der Waals surface area (Å²) in [5.74, 6) is -0.505. The van der Waals surface area contributed by atoms with E-state index in [-0.39, 0.29) is 35.1 Å². The summed E-state index contributed by atoms with van der Waals surface area (Å²) in [5, 5.41) is 11.2. The van der Waals surface area contributed by atoms with Gasteiger partial charge in [0.25, 0.3) is 11.7 Å². The molecule has 1 saturated heterocycles. The molecule has 2 heterocycles. The highest BCUT2D eigenvalue weighted by Gasteiger charge is 2.47. The van der Waals surface area contributed by atoms with Gasteiger partial charge in [0, 0.05) is 19.2 Å². The maximum absolute atomic E-state index is 12.8. The van der Waals surface area contributed by atoms with Gasteiger partial charge >= 0.3 is 0 Å². The van der Waals surface area contributed by atoms with E-state index in [0.29, 0.717) is 17.3 Å². The molecule has 28 heavy (non-hydrogen) atoms. The van der Waals surface area contributed by atoms with Gasteiger partial charge in [0.05, 0.1) is 24.3 Å². The van der Waals surface area contributed by atoms with E-state index in [4.69, 9.17) is 25.5 Å². The standard InChI is InChI=1S/C20H20ClNO6/c1-11-4-7-15(28-11)17-16(19(24)20(25)22(17)8-9-26-2)18(23)13-10-12(27-3)5-6-14(13)21/h4-7,10,17,23H,8-9H2,1-3H3/b18-16+. The van der Waals surface area contributed by atoms with Crippen molar-refractivity contribution in [3.8, 4) is 5.75 Å². The average molecular weight is 406 g/mol. The molecule has 1 aromatic heterocycles. The van der Waals surface area contributed by atoms with Gasteiger partial charge in [-0.3, -0.25) is 9.59 Å². The number of carbonyl (C=O) groups is 2. The molecule has 1 unspecified atom stereocenters. The summed E-state index contributed by atoms with van der Waals surface area (Å²) in [4.78, 5) is 26.7. The van der Waals surface area contributed by atoms with Crippen molar-refractivity contribution in [1.82, 2.24) is 4.90 Å². The third-order valence-corrected chi connectivity index (χ3v) is 4.87. The molecule has 1 atom stereocenters. The number of aliphatic hydroxyl groups is 1. The molecule has 2 aromatic rings. The third kappa shape index (κ3) is 3.50. The topological polar surface area (TPSA) is 89.2 Å². The number of methoxy groups -OCH3 is 2. The Balaban J connectivity index is 2.19. The monoisotopic (exact) mass is 405 g/mol. The van der Waals surface area contributed by atoms with Crippen LogP contribution in [0, 0.1) is 6.92 Å². The number of Topliss-reactive ketones (excluding diaryl/α,β-unsaturated/α-hetero) is 1. The molecule has 0 saturated carbocycles. The normalized spacial score (nSPS) is 18.7. The van der Waals surface area contributed by atoms with Crippen molar-refractivity contribution in [1.29, 1.82) is 0 Å². The fraction of sp³-hybridized carbons (Fsp3) is 0.300. The first-order valence-electron chi connectivity index (χ1n) is 8.56. The van der Waals surface area contributed by atoms with Crippen LogP contribution in [0.5, 0.6) is 5.75 Å². The Labute approximate surface area is 167 Å². The summed E-state index contributed by atoms with van der Waals surface area (Å²) in [6.07, 6.45) is 0. The second-order valence-corrected chi connectivity index (χ2v) is 6.69. The molecule has 0 aliphatic carbocycles. The molecule has 148 valence electrons. The highest BCUT2D eigenvalue weighted by atomic mass is 35.5. The fourth-order valence-corrected chi connectivity index (χ4v) is 3.36. The van der Waals surface area contributed by atoms with Crippen LogP contribution in [0.2, 0.25) is 5.02 Å². The molecular weight excluding hydrogens is 386 g/mol. The van der Waals surface area contributed by atoms with Crippen LogP contribution in [-0.4, -0.2) is 49.1 Å². The van der Waals surface area contributed by atoms with Crippen LogP contribution in [0.15, 0.2) is 40.3 Å². The minimum atomic E-state index is -0.883. The van der Waals surface area contributed by atoms with Gasteiger partial charge in [-0.05, 0) is 37.3 Å². The van der Waals surface area contributed by atoms with Crippen molar-refractivity contribution < 1.29 is 28.6 Å². The van der Waals surface area contributed by atoms with E-state index in [1.807, 2.05) is 0 Å². The lowest BCUT2D eigenvalue weighted by molar-refractivity contribution is -0.140. The first kappa shape index (κ1) is 20.0. The molecule has 0 bridgehead atoms. The summed E-state index contributed by atoms with van der Waals surface area (Å²) in [6, 6.07) is 7.19. The van der Waals surface area contributed by atoms with Crippen LogP contribution in [0.4, 0.5) is 0 Å². The van der Waals surface area contributed by atoms with Crippen molar-refractivity contribution in [2.24, 2.45) is 0 Å². The van der Waals surface area contributed by atoms with E-state index < -0.39 is 17.7 Å². The highest BCUT2D eigenvalue weighted by Crippen LogP contribution is 2.41. The number of hydrogen-bond acceptors (Lipinski definition) is 6. The van der Waals surface area contributed by atoms with E-state index in [9.17, 15) is 14.7 Å². The van der Waals surface area contributed by atoms with E-state index >= 15 is 0 Å². The van der Waals surface area contributed by atoms with Crippen LogP contribution < -0.4 is 4.74 Å². The number of ketones is 1. The second kappa shape index (κ2) is 8.08. The van der Waals surface area contributed by atoms with Crippen LogP contribution in [-0.2, 0) is 14.3 Å². The van der Waals surface area contributed by atoms with Crippen LogP contribution in [0.25, 0.3) is 5.76 Å². The SMILES string of the molecule is COCCN1C(=O)C(=O)/C(=C(/O)c2cc(OC)ccc2Cl)C1c1ccc(C)o1. The van der Waals surface area contributed by atoms with Gasteiger partial charge < -0.3 is 23.9 Å². The van der Waals surface area contributed by atoms with Gasteiger partial charge in [-0.1, -0.05) is 11.6 Å². The Morgan fingerprint density at radius 3 is 2.61 bits per heavy atom. The van der Waals surface area contributed by atoms with Gasteiger partial charge in [0.2, 0.25) is 0 Å². The lowest BCUT2D eigenvalue weighted by atomic mass is 9.99. The van der Waals surface area contributed by atoms with Crippen molar-refractivity contribution in [2.45, 2.75) is 13.0 Å². The molecule has 8 heteroatoms. The van der Waals surface area contributed by atoms with Crippen molar-refractivity contribution in [2.75, 3.05) is 27.4 Å². The van der Waals surface area contributed by atoms with Gasteiger partial charge in [-0.2, -0.15) is 0 Å². The van der Waals surface area contributed by atoms with Gasteiger partial charge in [0.15, 0.2) is 0 Å². The Morgan fingerprint density at radius 2 is 2.00 bits per heavy atom. The Kier molecular flexibility index (Phi) is 5.76. The van der Waals surface area contributed by atoms with E-state index in [1.165, 1.54) is 25.2 Å².